The van der Waals surface area contributed by atoms with Gasteiger partial charge in [-0.25, -0.2) is 0 Å². The molecule has 0 saturated heterocycles. The lowest BCUT2D eigenvalue weighted by Crippen LogP contribution is -1.95. The van der Waals surface area contributed by atoms with Crippen LogP contribution in [0.4, 0.5) is 0 Å². The Morgan fingerprint density at radius 2 is 0.500 bits per heavy atom. The van der Waals surface area contributed by atoms with Gasteiger partial charge in [-0.2, -0.15) is 0 Å². The highest BCUT2D eigenvalue weighted by Gasteiger charge is 2.14. The molecule has 0 radical (unpaired) electrons. The van der Waals surface area contributed by atoms with E-state index in [0.29, 0.717) is 0 Å². The van der Waals surface area contributed by atoms with Gasteiger partial charge < -0.3 is 0 Å². The van der Waals surface area contributed by atoms with Crippen molar-refractivity contribution in [2.45, 2.75) is 128 Å². The van der Waals surface area contributed by atoms with Crippen molar-refractivity contribution < 1.29 is 0 Å². The van der Waals surface area contributed by atoms with Crippen LogP contribution in [0.15, 0.2) is 156 Å². The second kappa shape index (κ2) is 21.5. The smallest absolute Gasteiger partial charge is 0.0105 e. The van der Waals surface area contributed by atoms with Gasteiger partial charge in [0.2, 0.25) is 0 Å². The highest BCUT2D eigenvalue weighted by molar-refractivity contribution is 6.04. The average Bonchev–Trinajstić information content (AvgIpc) is 3.38. The van der Waals surface area contributed by atoms with E-state index >= 15 is 0 Å². The van der Waals surface area contributed by atoms with Crippen molar-refractivity contribution in [1.82, 2.24) is 0 Å². The van der Waals surface area contributed by atoms with E-state index in [1.165, 1.54) is 206 Å². The molecule has 10 rings (SSSR count). The molecule has 0 bridgehead atoms. The van der Waals surface area contributed by atoms with Crippen molar-refractivity contribution in [3.05, 3.63) is 211 Å². The van der Waals surface area contributed by atoms with Gasteiger partial charge in [-0.3, -0.25) is 0 Å². The fraction of sp³-hybridized carbons (Fsp3) is 0.303. The minimum Gasteiger partial charge on any atom is -0.0696 e. The van der Waals surface area contributed by atoms with Gasteiger partial charge in [-0.1, -0.05) is 206 Å². The molecule has 0 aliphatic heterocycles. The second-order valence-corrected chi connectivity index (χ2v) is 19.8. The molecular formula is C66H68. The molecule has 0 N–H and O–H groups in total. The van der Waals surface area contributed by atoms with Gasteiger partial charge in [0, 0.05) is 0 Å². The van der Waals surface area contributed by atoms with Crippen molar-refractivity contribution in [3.63, 3.8) is 0 Å². The maximum Gasteiger partial charge on any atom is -0.0105 e. The zero-order chi connectivity index (χ0) is 44.3. The molecular weight excluding hydrogens is 793 g/mol. The summed E-state index contributed by atoms with van der Waals surface area (Å²) in [5.74, 6) is 0. The first-order chi connectivity index (χ1) is 32.7. The Bertz CT molecular complexity index is 2420. The lowest BCUT2D eigenvalue weighted by molar-refractivity contribution is 0.602. The minimum absolute atomic E-state index is 1.24. The maximum atomic E-state index is 2.45. The van der Waals surface area contributed by atoms with Gasteiger partial charge >= 0.3 is 0 Å². The third kappa shape index (κ3) is 11.2. The quantitative estimate of drug-likeness (QED) is 0.120. The zero-order valence-electron chi connectivity index (χ0n) is 39.3. The Morgan fingerprint density at radius 1 is 0.258 bits per heavy atom. The highest BCUT2D eigenvalue weighted by Crippen LogP contribution is 2.36. The second-order valence-electron chi connectivity index (χ2n) is 19.8. The van der Waals surface area contributed by atoms with Crippen molar-refractivity contribution in [2.24, 2.45) is 0 Å². The van der Waals surface area contributed by atoms with Crippen LogP contribution >= 0.6 is 0 Å². The molecule has 0 heteroatoms. The molecule has 0 spiro atoms. The molecule has 6 aromatic carbocycles. The number of rotatable bonds is 10. The van der Waals surface area contributed by atoms with E-state index < -0.39 is 0 Å². The largest absolute Gasteiger partial charge is 0.0696 e. The summed E-state index contributed by atoms with van der Waals surface area (Å²) in [5.41, 5.74) is 21.6. The van der Waals surface area contributed by atoms with E-state index in [9.17, 15) is 0 Å². The lowest BCUT2D eigenvalue weighted by Gasteiger charge is -2.16. The molecule has 0 unspecified atom stereocenters. The minimum atomic E-state index is 1.24. The number of allylic oxidation sites excluding steroid dienone is 4. The van der Waals surface area contributed by atoms with Crippen LogP contribution in [0.2, 0.25) is 0 Å². The summed E-state index contributed by atoms with van der Waals surface area (Å²) in [4.78, 5) is 0. The summed E-state index contributed by atoms with van der Waals surface area (Å²) in [5, 5.41) is 2.54. The zero-order valence-corrected chi connectivity index (χ0v) is 39.3. The van der Waals surface area contributed by atoms with Crippen LogP contribution in [0.5, 0.6) is 0 Å². The molecule has 66 heavy (non-hydrogen) atoms. The summed E-state index contributed by atoms with van der Waals surface area (Å²) in [7, 11) is 0. The number of hydrogen-bond donors (Lipinski definition) is 0. The predicted octanol–water partition coefficient (Wildman–Crippen LogP) is 19.4. The first-order valence-corrected chi connectivity index (χ1v) is 25.8. The van der Waals surface area contributed by atoms with Crippen LogP contribution < -0.4 is 0 Å². The molecule has 0 nitrogen and oxygen atoms in total. The van der Waals surface area contributed by atoms with Crippen LogP contribution in [0.25, 0.3) is 58.4 Å². The van der Waals surface area contributed by atoms with E-state index in [-0.39, 0.29) is 0 Å². The summed E-state index contributed by atoms with van der Waals surface area (Å²) >= 11 is 0. The lowest BCUT2D eigenvalue weighted by atomic mass is 9.89. The highest BCUT2D eigenvalue weighted by atomic mass is 14.2. The third-order valence-corrected chi connectivity index (χ3v) is 14.9. The summed E-state index contributed by atoms with van der Waals surface area (Å²) in [6.07, 6.45) is 40.7. The maximum absolute atomic E-state index is 2.45. The molecule has 0 amide bonds. The summed E-state index contributed by atoms with van der Waals surface area (Å²) < 4.78 is 0. The Hall–Kier alpha value is -5.98. The topological polar surface area (TPSA) is 0 Å². The normalized spacial score (nSPS) is 16.7. The fourth-order valence-corrected chi connectivity index (χ4v) is 11.2. The number of benzene rings is 6. The molecule has 6 aromatic rings. The fourth-order valence-electron chi connectivity index (χ4n) is 11.2. The molecule has 4 saturated carbocycles. The van der Waals surface area contributed by atoms with Gasteiger partial charge in [0.1, 0.15) is 0 Å². The molecule has 4 aliphatic rings. The van der Waals surface area contributed by atoms with Crippen LogP contribution in [0, 0.1) is 0 Å². The van der Waals surface area contributed by atoms with E-state index in [2.05, 4.69) is 170 Å². The predicted molar refractivity (Wildman–Crippen MR) is 288 cm³/mol. The van der Waals surface area contributed by atoms with Crippen molar-refractivity contribution in [2.75, 3.05) is 0 Å². The van der Waals surface area contributed by atoms with E-state index in [1.54, 1.807) is 22.3 Å². The van der Waals surface area contributed by atoms with Gasteiger partial charge in [0.15, 0.2) is 0 Å². The Kier molecular flexibility index (Phi) is 14.3. The first kappa shape index (κ1) is 43.9. The van der Waals surface area contributed by atoms with Crippen molar-refractivity contribution in [1.29, 1.82) is 0 Å². The van der Waals surface area contributed by atoms with Crippen molar-refractivity contribution >= 4 is 58.4 Å². The molecule has 4 aliphatic carbocycles. The van der Waals surface area contributed by atoms with E-state index in [0.717, 1.165) is 0 Å². The van der Waals surface area contributed by atoms with Crippen LogP contribution in [0.1, 0.15) is 184 Å². The molecule has 0 atom stereocenters. The third-order valence-electron chi connectivity index (χ3n) is 14.9. The molecule has 332 valence electrons. The van der Waals surface area contributed by atoms with Gasteiger partial charge in [-0.05, 0) is 192 Å². The number of fused-ring (bicyclic) bond motifs is 1. The van der Waals surface area contributed by atoms with Gasteiger partial charge in [0.25, 0.3) is 0 Å². The SMILES string of the molecule is C(=C1CCCCC1)c1ccc(C(=Cc2ccc(C=C(c3ccc(C=C4CCCCC4)cc3)c3ccc(C=C4CCCCC4)cc3)c3ccccc23)c2ccc(C=C3CCCCC3)cc2)cc1. The summed E-state index contributed by atoms with van der Waals surface area (Å²) in [6.45, 7) is 0. The van der Waals surface area contributed by atoms with E-state index in [1.807, 2.05) is 0 Å². The molecule has 0 heterocycles. The number of hydrogen-bond acceptors (Lipinski definition) is 0. The van der Waals surface area contributed by atoms with Crippen LogP contribution in [-0.2, 0) is 0 Å². The average molecular weight is 861 g/mol. The Balaban J connectivity index is 1.04. The van der Waals surface area contributed by atoms with Gasteiger partial charge in [0.05, 0.1) is 0 Å². The van der Waals surface area contributed by atoms with Crippen molar-refractivity contribution in [3.8, 4) is 0 Å². The van der Waals surface area contributed by atoms with E-state index in [4.69, 9.17) is 0 Å². The Morgan fingerprint density at radius 3 is 0.742 bits per heavy atom. The Labute approximate surface area is 396 Å². The standard InChI is InChI=1S/C66H68/c1-5-15-49(16-6-1)43-53-25-33-57(34-26-53)65(58-35-27-54(28-36-58)44-50-17-7-2-8-18-50)47-61-41-42-62(64-24-14-13-23-63(61)64)48-66(59-37-29-55(30-38-59)45-51-19-9-3-10-20-51)60-39-31-56(32-40-60)46-52-21-11-4-12-22-52/h13-14,23-48H,1-12,15-22H2. The summed E-state index contributed by atoms with van der Waals surface area (Å²) in [6, 6.07) is 51.2. The molecule has 0 aromatic heterocycles. The van der Waals surface area contributed by atoms with Crippen LogP contribution in [-0.4, -0.2) is 0 Å². The van der Waals surface area contributed by atoms with Crippen LogP contribution in [0.3, 0.4) is 0 Å². The van der Waals surface area contributed by atoms with Gasteiger partial charge in [-0.15, -0.1) is 0 Å². The first-order valence-electron chi connectivity index (χ1n) is 25.8. The monoisotopic (exact) mass is 861 g/mol. The molecule has 4 fully saturated rings.